The van der Waals surface area contributed by atoms with E-state index in [1.165, 1.54) is 26.2 Å². The number of methoxy groups -OCH3 is 1. The number of benzene rings is 1. The third-order valence-electron chi connectivity index (χ3n) is 2.67. The maximum Gasteiger partial charge on any atom is 0.311 e. The number of aromatic hydroxyl groups is 1. The number of rotatable bonds is 4. The molecule has 1 rings (SSSR count). The number of carbonyl (C=O) groups is 1. The fourth-order valence-electron chi connectivity index (χ4n) is 1.50. The van der Waals surface area contributed by atoms with Crippen molar-refractivity contribution in [3.63, 3.8) is 0 Å². The quantitative estimate of drug-likeness (QED) is 0.675. The van der Waals surface area contributed by atoms with Gasteiger partial charge in [-0.05, 0) is 18.6 Å². The van der Waals surface area contributed by atoms with Crippen LogP contribution in [-0.2, 0) is 16.1 Å². The zero-order valence-corrected chi connectivity index (χ0v) is 9.75. The van der Waals surface area contributed by atoms with Crippen molar-refractivity contribution < 1.29 is 24.9 Å². The van der Waals surface area contributed by atoms with E-state index in [4.69, 9.17) is 5.11 Å². The van der Waals surface area contributed by atoms with Gasteiger partial charge in [-0.3, -0.25) is 4.79 Å². The topological polar surface area (TPSA) is 87.0 Å². The molecule has 94 valence electrons. The second-order valence-corrected chi connectivity index (χ2v) is 3.80. The second-order valence-electron chi connectivity index (χ2n) is 3.80. The number of aliphatic hydroxyl groups is 2. The van der Waals surface area contributed by atoms with Gasteiger partial charge in [-0.2, -0.15) is 0 Å². The van der Waals surface area contributed by atoms with Crippen LogP contribution in [0.15, 0.2) is 18.2 Å². The standard InChI is InChI=1S/C12H16O5/c1-7(12(16)17-2)11(15)8-3-4-9(6-13)10(14)5-8/h3-5,7,11,13-15H,6H2,1-2H3/t7?,11-/m1/s1. The van der Waals surface area contributed by atoms with E-state index in [9.17, 15) is 15.0 Å². The van der Waals surface area contributed by atoms with Crippen LogP contribution in [0, 0.1) is 5.92 Å². The summed E-state index contributed by atoms with van der Waals surface area (Å²) in [5, 5.41) is 28.3. The summed E-state index contributed by atoms with van der Waals surface area (Å²) < 4.78 is 4.53. The predicted octanol–water partition coefficient (Wildman–Crippen LogP) is 0.727. The van der Waals surface area contributed by atoms with Crippen LogP contribution in [0.2, 0.25) is 0 Å². The van der Waals surface area contributed by atoms with Crippen LogP contribution in [0.5, 0.6) is 5.75 Å². The first-order valence-electron chi connectivity index (χ1n) is 5.19. The molecule has 5 heteroatoms. The average molecular weight is 240 g/mol. The van der Waals surface area contributed by atoms with Crippen molar-refractivity contribution in [1.29, 1.82) is 0 Å². The van der Waals surface area contributed by atoms with Crippen molar-refractivity contribution in [3.05, 3.63) is 29.3 Å². The molecule has 1 aromatic carbocycles. The van der Waals surface area contributed by atoms with Gasteiger partial charge in [0.2, 0.25) is 0 Å². The van der Waals surface area contributed by atoms with E-state index >= 15 is 0 Å². The van der Waals surface area contributed by atoms with Crippen molar-refractivity contribution in [2.45, 2.75) is 19.6 Å². The summed E-state index contributed by atoms with van der Waals surface area (Å²) in [7, 11) is 1.25. The van der Waals surface area contributed by atoms with Crippen LogP contribution in [0.1, 0.15) is 24.2 Å². The van der Waals surface area contributed by atoms with Gasteiger partial charge in [-0.1, -0.05) is 12.1 Å². The number of esters is 1. The molecule has 0 fully saturated rings. The highest BCUT2D eigenvalue weighted by Gasteiger charge is 2.24. The zero-order valence-electron chi connectivity index (χ0n) is 9.75. The van der Waals surface area contributed by atoms with Gasteiger partial charge in [0.05, 0.1) is 25.7 Å². The maximum absolute atomic E-state index is 11.2. The molecule has 1 unspecified atom stereocenters. The smallest absolute Gasteiger partial charge is 0.311 e. The molecule has 0 heterocycles. The Hall–Kier alpha value is -1.59. The minimum absolute atomic E-state index is 0.110. The number of ether oxygens (including phenoxy) is 1. The third-order valence-corrected chi connectivity index (χ3v) is 2.67. The summed E-state index contributed by atoms with van der Waals surface area (Å²) >= 11 is 0. The SMILES string of the molecule is COC(=O)C(C)[C@@H](O)c1ccc(CO)c(O)c1. The Morgan fingerprint density at radius 1 is 1.47 bits per heavy atom. The predicted molar refractivity (Wildman–Crippen MR) is 60.2 cm³/mol. The lowest BCUT2D eigenvalue weighted by atomic mass is 9.96. The van der Waals surface area contributed by atoms with Crippen LogP contribution < -0.4 is 0 Å². The van der Waals surface area contributed by atoms with E-state index in [0.29, 0.717) is 11.1 Å². The van der Waals surface area contributed by atoms with E-state index in [1.807, 2.05) is 0 Å². The van der Waals surface area contributed by atoms with E-state index in [1.54, 1.807) is 6.07 Å². The molecule has 0 saturated heterocycles. The van der Waals surface area contributed by atoms with Crippen LogP contribution in [-0.4, -0.2) is 28.4 Å². The molecule has 0 bridgehead atoms. The lowest BCUT2D eigenvalue weighted by Crippen LogP contribution is -2.20. The van der Waals surface area contributed by atoms with Gasteiger partial charge in [0.15, 0.2) is 0 Å². The van der Waals surface area contributed by atoms with Crippen LogP contribution >= 0.6 is 0 Å². The highest BCUT2D eigenvalue weighted by atomic mass is 16.5. The summed E-state index contributed by atoms with van der Waals surface area (Å²) in [6.45, 7) is 1.25. The molecule has 2 atom stereocenters. The molecule has 0 amide bonds. The molecule has 0 spiro atoms. The van der Waals surface area contributed by atoms with Gasteiger partial charge in [0, 0.05) is 5.56 Å². The molecule has 0 aliphatic carbocycles. The summed E-state index contributed by atoms with van der Waals surface area (Å²) in [5.41, 5.74) is 0.768. The molecule has 0 aromatic heterocycles. The van der Waals surface area contributed by atoms with Gasteiger partial charge in [0.25, 0.3) is 0 Å². The highest BCUT2D eigenvalue weighted by Crippen LogP contribution is 2.27. The van der Waals surface area contributed by atoms with Crippen molar-refractivity contribution >= 4 is 5.97 Å². The Bertz CT molecular complexity index is 402. The Morgan fingerprint density at radius 3 is 2.59 bits per heavy atom. The molecule has 0 aliphatic rings. The second kappa shape index (κ2) is 5.65. The first kappa shape index (κ1) is 13.5. The van der Waals surface area contributed by atoms with Crippen molar-refractivity contribution in [3.8, 4) is 5.75 Å². The van der Waals surface area contributed by atoms with E-state index in [2.05, 4.69) is 4.74 Å². The summed E-state index contributed by atoms with van der Waals surface area (Å²) in [6, 6.07) is 4.38. The third kappa shape index (κ3) is 2.95. The Balaban J connectivity index is 2.93. The number of hydrogen-bond acceptors (Lipinski definition) is 5. The summed E-state index contributed by atoms with van der Waals surface area (Å²) in [5.74, 6) is -1.36. The molecule has 0 radical (unpaired) electrons. The fraction of sp³-hybridized carbons (Fsp3) is 0.417. The number of carbonyl (C=O) groups excluding carboxylic acids is 1. The van der Waals surface area contributed by atoms with Crippen molar-refractivity contribution in [2.24, 2.45) is 5.92 Å². The molecular formula is C12H16O5. The normalized spacial score (nSPS) is 14.1. The van der Waals surface area contributed by atoms with E-state index in [0.717, 1.165) is 0 Å². The number of aliphatic hydroxyl groups excluding tert-OH is 2. The van der Waals surface area contributed by atoms with Crippen LogP contribution in [0.3, 0.4) is 0 Å². The molecule has 17 heavy (non-hydrogen) atoms. The van der Waals surface area contributed by atoms with Gasteiger partial charge in [-0.25, -0.2) is 0 Å². The Morgan fingerprint density at radius 2 is 2.12 bits per heavy atom. The lowest BCUT2D eigenvalue weighted by Gasteiger charge is -2.17. The Kier molecular flexibility index (Phi) is 4.48. The molecule has 0 saturated carbocycles. The number of hydrogen-bond donors (Lipinski definition) is 3. The molecular weight excluding hydrogens is 224 g/mol. The van der Waals surface area contributed by atoms with E-state index in [-0.39, 0.29) is 12.4 Å². The van der Waals surface area contributed by atoms with E-state index < -0.39 is 18.0 Å². The molecule has 0 aliphatic heterocycles. The van der Waals surface area contributed by atoms with Crippen molar-refractivity contribution in [1.82, 2.24) is 0 Å². The van der Waals surface area contributed by atoms with Gasteiger partial charge >= 0.3 is 5.97 Å². The first-order valence-corrected chi connectivity index (χ1v) is 5.19. The largest absolute Gasteiger partial charge is 0.508 e. The molecule has 1 aromatic rings. The minimum atomic E-state index is -1.05. The monoisotopic (exact) mass is 240 g/mol. The van der Waals surface area contributed by atoms with Gasteiger partial charge < -0.3 is 20.1 Å². The maximum atomic E-state index is 11.2. The fourth-order valence-corrected chi connectivity index (χ4v) is 1.50. The lowest BCUT2D eigenvalue weighted by molar-refractivity contribution is -0.148. The number of phenols is 1. The van der Waals surface area contributed by atoms with Crippen LogP contribution in [0.25, 0.3) is 0 Å². The van der Waals surface area contributed by atoms with Gasteiger partial charge in [-0.15, -0.1) is 0 Å². The zero-order chi connectivity index (χ0) is 13.0. The summed E-state index contributed by atoms with van der Waals surface area (Å²) in [4.78, 5) is 11.2. The first-order chi connectivity index (χ1) is 8.01. The van der Waals surface area contributed by atoms with Gasteiger partial charge in [0.1, 0.15) is 5.75 Å². The molecule has 5 nitrogen and oxygen atoms in total. The van der Waals surface area contributed by atoms with Crippen molar-refractivity contribution in [2.75, 3.05) is 7.11 Å². The highest BCUT2D eigenvalue weighted by molar-refractivity contribution is 5.72. The summed E-state index contributed by atoms with van der Waals surface area (Å²) in [6.07, 6.45) is -1.05. The Labute approximate surface area is 99.3 Å². The van der Waals surface area contributed by atoms with Crippen LogP contribution in [0.4, 0.5) is 0 Å². The average Bonchev–Trinajstić information content (AvgIpc) is 2.35. The minimum Gasteiger partial charge on any atom is -0.508 e. The molecule has 3 N–H and O–H groups in total.